The van der Waals surface area contributed by atoms with Gasteiger partial charge in [-0.05, 0) is 13.0 Å². The van der Waals surface area contributed by atoms with Crippen LogP contribution >= 0.6 is 0 Å². The molecule has 0 spiro atoms. The number of aliphatic hydroxyl groups is 1. The topological polar surface area (TPSA) is 102 Å². The highest BCUT2D eigenvalue weighted by Crippen LogP contribution is 2.02. The van der Waals surface area contributed by atoms with E-state index in [0.29, 0.717) is 0 Å². The van der Waals surface area contributed by atoms with Crippen LogP contribution < -0.4 is 10.7 Å². The quantitative estimate of drug-likeness (QED) is 0.688. The van der Waals surface area contributed by atoms with Crippen LogP contribution in [0.5, 0.6) is 0 Å². The number of aromatic nitrogens is 1. The van der Waals surface area contributed by atoms with Crippen molar-refractivity contribution in [2.75, 3.05) is 0 Å². The Hall–Kier alpha value is -1.18. The summed E-state index contributed by atoms with van der Waals surface area (Å²) in [5, 5.41) is 14.0. The summed E-state index contributed by atoms with van der Waals surface area (Å²) in [7, 11) is -3.82. The fourth-order valence-electron chi connectivity index (χ4n) is 1.11. The Morgan fingerprint density at radius 2 is 2.13 bits per heavy atom. The van der Waals surface area contributed by atoms with Gasteiger partial charge in [-0.25, -0.2) is 13.6 Å². The van der Waals surface area contributed by atoms with Crippen molar-refractivity contribution in [2.24, 2.45) is 5.14 Å². The molecule has 0 saturated heterocycles. The Morgan fingerprint density at radius 1 is 1.53 bits per heavy atom. The highest BCUT2D eigenvalue weighted by molar-refractivity contribution is 7.89. The van der Waals surface area contributed by atoms with E-state index < -0.39 is 16.1 Å². The summed E-state index contributed by atoms with van der Waals surface area (Å²) in [5.74, 6) is 0. The molecule has 0 aromatic carbocycles. The average molecular weight is 232 g/mol. The molecule has 84 valence electrons. The number of hydrogen-bond donors (Lipinski definition) is 2. The Morgan fingerprint density at radius 3 is 2.60 bits per heavy atom. The second-order valence-electron chi connectivity index (χ2n) is 3.25. The number of nitrogens with two attached hydrogens (primary N) is 1. The van der Waals surface area contributed by atoms with Crippen LogP contribution in [0, 0.1) is 0 Å². The van der Waals surface area contributed by atoms with Crippen molar-refractivity contribution >= 4 is 10.0 Å². The zero-order valence-corrected chi connectivity index (χ0v) is 8.94. The molecule has 0 aliphatic rings. The molecule has 0 aliphatic heterocycles. The van der Waals surface area contributed by atoms with E-state index >= 15 is 0 Å². The Balaban J connectivity index is 3.23. The largest absolute Gasteiger partial charge is 0.392 e. The van der Waals surface area contributed by atoms with Crippen molar-refractivity contribution in [3.63, 3.8) is 0 Å². The van der Waals surface area contributed by atoms with Gasteiger partial charge in [0, 0.05) is 12.3 Å². The highest BCUT2D eigenvalue weighted by atomic mass is 32.2. The summed E-state index contributed by atoms with van der Waals surface area (Å²) in [6, 6.07) is 2.23. The molecule has 3 N–H and O–H groups in total. The summed E-state index contributed by atoms with van der Waals surface area (Å²) >= 11 is 0. The van der Waals surface area contributed by atoms with Gasteiger partial charge in [-0.2, -0.15) is 0 Å². The third-order valence-electron chi connectivity index (χ3n) is 1.75. The van der Waals surface area contributed by atoms with Gasteiger partial charge in [-0.15, -0.1) is 0 Å². The lowest BCUT2D eigenvalue weighted by atomic mass is 10.4. The molecule has 1 aromatic heterocycles. The minimum absolute atomic E-state index is 0.0300. The van der Waals surface area contributed by atoms with Crippen molar-refractivity contribution < 1.29 is 13.5 Å². The van der Waals surface area contributed by atoms with Gasteiger partial charge in [-0.3, -0.25) is 4.79 Å². The number of nitrogens with zero attached hydrogens (tertiary/aromatic N) is 1. The molecule has 7 heteroatoms. The first kappa shape index (κ1) is 11.9. The molecule has 0 radical (unpaired) electrons. The van der Waals surface area contributed by atoms with Crippen molar-refractivity contribution in [1.29, 1.82) is 0 Å². The maximum Gasteiger partial charge on any atom is 0.250 e. The highest BCUT2D eigenvalue weighted by Gasteiger charge is 2.10. The normalized spacial score (nSPS) is 13.8. The number of sulfonamides is 1. The Kier molecular flexibility index (Phi) is 3.28. The predicted molar refractivity (Wildman–Crippen MR) is 53.8 cm³/mol. The van der Waals surface area contributed by atoms with Gasteiger partial charge in [-0.1, -0.05) is 0 Å². The molecule has 1 aromatic rings. The standard InChI is InChI=1S/C8H12N2O4S/c1-6(11)4-10-5-7(15(9,13)14)2-3-8(10)12/h2-3,5-6,11H,4H2,1H3,(H2,9,13,14). The maximum atomic E-state index is 11.3. The smallest absolute Gasteiger partial charge is 0.250 e. The molecule has 1 atom stereocenters. The first-order valence-corrected chi connectivity index (χ1v) is 5.76. The van der Waals surface area contributed by atoms with E-state index in [2.05, 4.69) is 0 Å². The minimum atomic E-state index is -3.82. The lowest BCUT2D eigenvalue weighted by Crippen LogP contribution is -2.26. The van der Waals surface area contributed by atoms with Crippen LogP contribution in [-0.2, 0) is 16.6 Å². The van der Waals surface area contributed by atoms with Gasteiger partial charge in [0.15, 0.2) is 0 Å². The molecule has 0 saturated carbocycles. The summed E-state index contributed by atoms with van der Waals surface area (Å²) in [6.45, 7) is 1.53. The molecular weight excluding hydrogens is 220 g/mol. The molecule has 1 heterocycles. The summed E-state index contributed by atoms with van der Waals surface area (Å²) in [5.41, 5.74) is -0.386. The zero-order valence-electron chi connectivity index (χ0n) is 8.12. The first-order valence-electron chi connectivity index (χ1n) is 4.22. The van der Waals surface area contributed by atoms with E-state index in [-0.39, 0.29) is 17.0 Å². The van der Waals surface area contributed by atoms with Gasteiger partial charge in [0.2, 0.25) is 10.0 Å². The number of aliphatic hydroxyl groups excluding tert-OH is 1. The number of rotatable bonds is 3. The van der Waals surface area contributed by atoms with E-state index in [1.807, 2.05) is 0 Å². The van der Waals surface area contributed by atoms with Crippen LogP contribution in [0.25, 0.3) is 0 Å². The predicted octanol–water partition coefficient (Wildman–Crippen LogP) is -1.12. The molecule has 15 heavy (non-hydrogen) atoms. The molecular formula is C8H12N2O4S. The summed E-state index contributed by atoms with van der Waals surface area (Å²) in [4.78, 5) is 11.1. The van der Waals surface area contributed by atoms with Crippen LogP contribution in [0.4, 0.5) is 0 Å². The molecule has 1 unspecified atom stereocenters. The van der Waals surface area contributed by atoms with Crippen LogP contribution in [0.15, 0.2) is 28.0 Å². The van der Waals surface area contributed by atoms with E-state index in [4.69, 9.17) is 10.2 Å². The lowest BCUT2D eigenvalue weighted by Gasteiger charge is -2.08. The van der Waals surface area contributed by atoms with Crippen molar-refractivity contribution in [2.45, 2.75) is 24.5 Å². The Bertz CT molecular complexity index is 504. The van der Waals surface area contributed by atoms with Crippen LogP contribution in [0.2, 0.25) is 0 Å². The average Bonchev–Trinajstić information content (AvgIpc) is 2.06. The van der Waals surface area contributed by atoms with Crippen LogP contribution in [0.3, 0.4) is 0 Å². The molecule has 6 nitrogen and oxygen atoms in total. The molecule has 0 fully saturated rings. The van der Waals surface area contributed by atoms with Gasteiger partial charge >= 0.3 is 0 Å². The number of pyridine rings is 1. The fraction of sp³-hybridized carbons (Fsp3) is 0.375. The fourth-order valence-corrected chi connectivity index (χ4v) is 1.64. The SMILES string of the molecule is CC(O)Cn1cc(S(N)(=O)=O)ccc1=O. The third-order valence-corrected chi connectivity index (χ3v) is 2.64. The van der Waals surface area contributed by atoms with Crippen LogP contribution in [0.1, 0.15) is 6.92 Å². The van der Waals surface area contributed by atoms with Gasteiger partial charge in [0.05, 0.1) is 17.5 Å². The van der Waals surface area contributed by atoms with Crippen molar-refractivity contribution in [3.8, 4) is 0 Å². The molecule has 0 bridgehead atoms. The molecule has 1 rings (SSSR count). The van der Waals surface area contributed by atoms with E-state index in [1.165, 1.54) is 6.92 Å². The monoisotopic (exact) mass is 232 g/mol. The van der Waals surface area contributed by atoms with Crippen molar-refractivity contribution in [1.82, 2.24) is 4.57 Å². The lowest BCUT2D eigenvalue weighted by molar-refractivity contribution is 0.172. The van der Waals surface area contributed by atoms with E-state index in [0.717, 1.165) is 22.9 Å². The summed E-state index contributed by atoms with van der Waals surface area (Å²) < 4.78 is 23.1. The summed E-state index contributed by atoms with van der Waals surface area (Å²) in [6.07, 6.45) is 0.378. The minimum Gasteiger partial charge on any atom is -0.392 e. The second-order valence-corrected chi connectivity index (χ2v) is 4.81. The Labute approximate surface area is 87.0 Å². The zero-order chi connectivity index (χ0) is 11.6. The number of hydrogen-bond acceptors (Lipinski definition) is 4. The van der Waals surface area contributed by atoms with Gasteiger partial charge in [0.25, 0.3) is 5.56 Å². The number of primary sulfonamides is 1. The molecule has 0 aliphatic carbocycles. The van der Waals surface area contributed by atoms with Crippen LogP contribution in [-0.4, -0.2) is 24.2 Å². The third kappa shape index (κ3) is 3.15. The van der Waals surface area contributed by atoms with Crippen molar-refractivity contribution in [3.05, 3.63) is 28.7 Å². The second kappa shape index (κ2) is 4.13. The van der Waals surface area contributed by atoms with Gasteiger partial charge < -0.3 is 9.67 Å². The van der Waals surface area contributed by atoms with Gasteiger partial charge in [0.1, 0.15) is 0 Å². The first-order chi connectivity index (χ1) is 6.80. The maximum absolute atomic E-state index is 11.3. The molecule has 0 amide bonds. The van der Waals surface area contributed by atoms with E-state index in [9.17, 15) is 13.2 Å². The van der Waals surface area contributed by atoms with E-state index in [1.54, 1.807) is 0 Å².